The quantitative estimate of drug-likeness (QED) is 0.623. The van der Waals surface area contributed by atoms with Gasteiger partial charge in [-0.3, -0.25) is 14.4 Å². The number of ketones is 1. The number of nitrogens with one attached hydrogen (secondary N) is 2. The molecule has 0 aliphatic heterocycles. The van der Waals surface area contributed by atoms with Crippen LogP contribution in [-0.2, 0) is 16.0 Å². The third kappa shape index (κ3) is 6.86. The van der Waals surface area contributed by atoms with E-state index in [0.29, 0.717) is 5.56 Å². The van der Waals surface area contributed by atoms with Crippen LogP contribution in [0, 0.1) is 20.8 Å². The lowest BCUT2D eigenvalue weighted by atomic mass is 10.0. The molecule has 0 radical (unpaired) electrons. The Morgan fingerprint density at radius 3 is 2.07 bits per heavy atom. The number of anilines is 1. The first-order valence-electron chi connectivity index (χ1n) is 10.1. The van der Waals surface area contributed by atoms with Crippen LogP contribution in [0.4, 0.5) is 5.69 Å². The van der Waals surface area contributed by atoms with Gasteiger partial charge in [-0.1, -0.05) is 55.3 Å². The molecule has 2 N–H and O–H groups in total. The van der Waals surface area contributed by atoms with Crippen LogP contribution in [0.5, 0.6) is 0 Å². The van der Waals surface area contributed by atoms with Crippen molar-refractivity contribution in [1.29, 1.82) is 0 Å². The number of amides is 2. The minimum Gasteiger partial charge on any atom is -0.347 e. The predicted molar refractivity (Wildman–Crippen MR) is 116 cm³/mol. The lowest BCUT2D eigenvalue weighted by Crippen LogP contribution is -2.33. The second-order valence-corrected chi connectivity index (χ2v) is 7.47. The average Bonchev–Trinajstić information content (AvgIpc) is 2.68. The van der Waals surface area contributed by atoms with E-state index >= 15 is 0 Å². The fourth-order valence-electron chi connectivity index (χ4n) is 3.35. The molecule has 2 aromatic rings. The zero-order chi connectivity index (χ0) is 21.4. The molecule has 0 aromatic heterocycles. The Balaban J connectivity index is 1.78. The van der Waals surface area contributed by atoms with Gasteiger partial charge in [0.25, 0.3) is 0 Å². The first-order valence-corrected chi connectivity index (χ1v) is 10.1. The van der Waals surface area contributed by atoms with Crippen LogP contribution in [0.2, 0.25) is 0 Å². The fraction of sp³-hybridized carbons (Fsp3) is 0.375. The maximum absolute atomic E-state index is 12.2. The lowest BCUT2D eigenvalue weighted by molar-refractivity contribution is -0.124. The maximum atomic E-state index is 12.2. The molecule has 2 amide bonds. The van der Waals surface area contributed by atoms with Crippen LogP contribution in [0.15, 0.2) is 36.4 Å². The molecule has 2 aromatic carbocycles. The molecule has 29 heavy (non-hydrogen) atoms. The monoisotopic (exact) mass is 394 g/mol. The second kappa shape index (κ2) is 10.6. The largest absolute Gasteiger partial charge is 0.347 e. The van der Waals surface area contributed by atoms with Crippen molar-refractivity contribution in [1.82, 2.24) is 5.32 Å². The summed E-state index contributed by atoms with van der Waals surface area (Å²) in [5, 5.41) is 5.43. The smallest absolute Gasteiger partial charge is 0.243 e. The van der Waals surface area contributed by atoms with Gasteiger partial charge in [0.05, 0.1) is 6.54 Å². The van der Waals surface area contributed by atoms with Crippen LogP contribution in [0.25, 0.3) is 0 Å². The van der Waals surface area contributed by atoms with Crippen molar-refractivity contribution in [2.45, 2.75) is 53.4 Å². The molecule has 0 unspecified atom stereocenters. The van der Waals surface area contributed by atoms with Gasteiger partial charge in [0, 0.05) is 24.1 Å². The number of Topliss-reactive ketones (excluding diaryl/α,β-unsaturated/α-hetero) is 1. The molecular weight excluding hydrogens is 364 g/mol. The lowest BCUT2D eigenvalue weighted by Gasteiger charge is -2.13. The minimum absolute atomic E-state index is 0.0609. The van der Waals surface area contributed by atoms with Crippen molar-refractivity contribution < 1.29 is 14.4 Å². The van der Waals surface area contributed by atoms with Crippen molar-refractivity contribution in [3.05, 3.63) is 64.2 Å². The Morgan fingerprint density at radius 2 is 1.48 bits per heavy atom. The highest BCUT2D eigenvalue weighted by molar-refractivity contribution is 5.99. The molecule has 0 saturated carbocycles. The molecule has 0 spiro atoms. The van der Waals surface area contributed by atoms with E-state index in [1.54, 1.807) is 0 Å². The number of benzene rings is 2. The Labute approximate surface area is 172 Å². The van der Waals surface area contributed by atoms with Crippen LogP contribution in [-0.4, -0.2) is 24.1 Å². The van der Waals surface area contributed by atoms with E-state index in [4.69, 9.17) is 0 Å². The van der Waals surface area contributed by atoms with Crippen molar-refractivity contribution in [3.8, 4) is 0 Å². The molecule has 0 saturated heterocycles. The normalized spacial score (nSPS) is 10.5. The topological polar surface area (TPSA) is 75.3 Å². The maximum Gasteiger partial charge on any atom is 0.243 e. The Morgan fingerprint density at radius 1 is 0.862 bits per heavy atom. The molecule has 0 fully saturated rings. The van der Waals surface area contributed by atoms with Crippen molar-refractivity contribution in [2.24, 2.45) is 0 Å². The molecule has 0 bridgehead atoms. The number of carbonyl (C=O) groups is 3. The van der Waals surface area contributed by atoms with E-state index in [-0.39, 0.29) is 37.0 Å². The van der Waals surface area contributed by atoms with E-state index in [9.17, 15) is 14.4 Å². The minimum atomic E-state index is -0.312. The third-order valence-corrected chi connectivity index (χ3v) is 4.78. The third-order valence-electron chi connectivity index (χ3n) is 4.78. The van der Waals surface area contributed by atoms with Crippen LogP contribution in [0.3, 0.4) is 0 Å². The Kier molecular flexibility index (Phi) is 8.13. The van der Waals surface area contributed by atoms with Crippen molar-refractivity contribution >= 4 is 23.3 Å². The zero-order valence-electron chi connectivity index (χ0n) is 17.7. The summed E-state index contributed by atoms with van der Waals surface area (Å²) in [5.41, 5.74) is 5.69. The highest BCUT2D eigenvalue weighted by Gasteiger charge is 2.12. The summed E-state index contributed by atoms with van der Waals surface area (Å²) in [7, 11) is 0. The summed E-state index contributed by atoms with van der Waals surface area (Å²) in [4.78, 5) is 36.4. The van der Waals surface area contributed by atoms with Crippen molar-refractivity contribution in [2.75, 3.05) is 11.9 Å². The SMILES string of the molecule is CCCc1ccc(C(=O)CCC(=O)NCC(=O)Nc2c(C)cc(C)cc2C)cc1. The Hall–Kier alpha value is -2.95. The van der Waals surface area contributed by atoms with E-state index < -0.39 is 0 Å². The van der Waals surface area contributed by atoms with Gasteiger partial charge in [-0.15, -0.1) is 0 Å². The van der Waals surface area contributed by atoms with Gasteiger partial charge in [-0.25, -0.2) is 0 Å². The zero-order valence-corrected chi connectivity index (χ0v) is 17.7. The first-order chi connectivity index (χ1) is 13.8. The second-order valence-electron chi connectivity index (χ2n) is 7.47. The molecule has 0 atom stereocenters. The van der Waals surface area contributed by atoms with Gasteiger partial charge in [-0.2, -0.15) is 0 Å². The number of carbonyl (C=O) groups excluding carboxylic acids is 3. The summed E-state index contributed by atoms with van der Waals surface area (Å²) in [6.07, 6.45) is 2.23. The molecule has 5 heteroatoms. The number of rotatable bonds is 9. The average molecular weight is 395 g/mol. The number of hydrogen-bond acceptors (Lipinski definition) is 3. The molecule has 0 heterocycles. The summed E-state index contributed by atoms with van der Waals surface area (Å²) >= 11 is 0. The van der Waals surface area contributed by atoms with E-state index in [1.807, 2.05) is 57.2 Å². The molecule has 0 aliphatic rings. The van der Waals surface area contributed by atoms with Crippen LogP contribution >= 0.6 is 0 Å². The molecule has 2 rings (SSSR count). The number of aryl methyl sites for hydroxylation is 4. The fourth-order valence-corrected chi connectivity index (χ4v) is 3.35. The molecule has 154 valence electrons. The Bertz CT molecular complexity index is 862. The van der Waals surface area contributed by atoms with Gasteiger partial charge in [0.15, 0.2) is 5.78 Å². The van der Waals surface area contributed by atoms with E-state index in [0.717, 1.165) is 35.2 Å². The summed E-state index contributed by atoms with van der Waals surface area (Å²) < 4.78 is 0. The summed E-state index contributed by atoms with van der Waals surface area (Å²) in [6.45, 7) is 7.88. The molecular formula is C24H30N2O3. The standard InChI is InChI=1S/C24H30N2O3/c1-5-6-19-7-9-20(10-8-19)21(27)11-12-22(28)25-15-23(29)26-24-17(3)13-16(2)14-18(24)4/h7-10,13-14H,5-6,11-12,15H2,1-4H3,(H,25,28)(H,26,29). The number of hydrogen-bond donors (Lipinski definition) is 2. The summed E-state index contributed by atoms with van der Waals surface area (Å²) in [5.74, 6) is -0.668. The van der Waals surface area contributed by atoms with E-state index in [2.05, 4.69) is 17.6 Å². The highest BCUT2D eigenvalue weighted by atomic mass is 16.2. The van der Waals surface area contributed by atoms with Gasteiger partial charge in [0.1, 0.15) is 0 Å². The van der Waals surface area contributed by atoms with Crippen LogP contribution in [0.1, 0.15) is 58.8 Å². The van der Waals surface area contributed by atoms with Gasteiger partial charge < -0.3 is 10.6 Å². The summed E-state index contributed by atoms with van der Waals surface area (Å²) in [6, 6.07) is 11.5. The molecule has 5 nitrogen and oxygen atoms in total. The predicted octanol–water partition coefficient (Wildman–Crippen LogP) is 4.28. The molecule has 0 aliphatic carbocycles. The van der Waals surface area contributed by atoms with Crippen LogP contribution < -0.4 is 10.6 Å². The van der Waals surface area contributed by atoms with Crippen molar-refractivity contribution in [3.63, 3.8) is 0 Å². The first kappa shape index (κ1) is 22.3. The van der Waals surface area contributed by atoms with Gasteiger partial charge in [0.2, 0.25) is 11.8 Å². The van der Waals surface area contributed by atoms with Gasteiger partial charge >= 0.3 is 0 Å². The van der Waals surface area contributed by atoms with E-state index in [1.165, 1.54) is 5.56 Å². The highest BCUT2D eigenvalue weighted by Crippen LogP contribution is 2.21. The van der Waals surface area contributed by atoms with Gasteiger partial charge in [-0.05, 0) is 43.9 Å².